The topological polar surface area (TPSA) is 85.6 Å². The highest BCUT2D eigenvalue weighted by atomic mass is 32.1. The first-order valence-corrected chi connectivity index (χ1v) is 6.53. The molecule has 2 aromatic rings. The molecule has 0 amide bonds. The average Bonchev–Trinajstić information content (AvgIpc) is 2.75. The molecule has 0 aliphatic heterocycles. The molecule has 0 saturated heterocycles. The minimum Gasteiger partial charge on any atom is -0.396 e. The van der Waals surface area contributed by atoms with E-state index in [0.29, 0.717) is 15.4 Å². The molecule has 1 heterocycles. The molecule has 0 radical (unpaired) electrons. The van der Waals surface area contributed by atoms with Crippen molar-refractivity contribution in [1.82, 2.24) is 0 Å². The maximum Gasteiger partial charge on any atom is 0.131 e. The van der Waals surface area contributed by atoms with Crippen LogP contribution in [0.1, 0.15) is 29.0 Å². The fourth-order valence-corrected chi connectivity index (χ4v) is 2.72. The van der Waals surface area contributed by atoms with Gasteiger partial charge in [-0.05, 0) is 12.5 Å². The van der Waals surface area contributed by atoms with Crippen molar-refractivity contribution < 1.29 is 0 Å². The van der Waals surface area contributed by atoms with E-state index in [0.717, 1.165) is 5.56 Å². The Labute approximate surface area is 115 Å². The van der Waals surface area contributed by atoms with E-state index in [-0.39, 0.29) is 11.7 Å². The van der Waals surface area contributed by atoms with Crippen molar-refractivity contribution in [3.05, 3.63) is 46.3 Å². The van der Waals surface area contributed by atoms with Gasteiger partial charge < -0.3 is 11.1 Å². The molecule has 5 heteroatoms. The van der Waals surface area contributed by atoms with Gasteiger partial charge >= 0.3 is 0 Å². The Morgan fingerprint density at radius 1 is 1.21 bits per heavy atom. The summed E-state index contributed by atoms with van der Waals surface area (Å²) < 4.78 is 0. The van der Waals surface area contributed by atoms with Gasteiger partial charge in [-0.3, -0.25) is 0 Å². The summed E-state index contributed by atoms with van der Waals surface area (Å²) in [6.07, 6.45) is 0. The Kier molecular flexibility index (Phi) is 3.70. The third-order valence-electron chi connectivity index (χ3n) is 2.81. The van der Waals surface area contributed by atoms with E-state index < -0.39 is 0 Å². The predicted molar refractivity (Wildman–Crippen MR) is 76.6 cm³/mol. The first-order valence-electron chi connectivity index (χ1n) is 5.71. The van der Waals surface area contributed by atoms with Gasteiger partial charge in [0.1, 0.15) is 27.6 Å². The van der Waals surface area contributed by atoms with Crippen LogP contribution in [-0.4, -0.2) is 0 Å². The molecule has 1 atom stereocenters. The summed E-state index contributed by atoms with van der Waals surface area (Å²) >= 11 is 1.21. The lowest BCUT2D eigenvalue weighted by atomic mass is 10.1. The summed E-state index contributed by atoms with van der Waals surface area (Å²) in [6.45, 7) is 2.00. The van der Waals surface area contributed by atoms with E-state index >= 15 is 0 Å². The SMILES string of the molecule is CC(Nc1sc(C#N)c(N)c1C#N)c1ccccc1. The first kappa shape index (κ1) is 12.9. The molecule has 2 rings (SSSR count). The summed E-state index contributed by atoms with van der Waals surface area (Å²) in [6, 6.07) is 14.0. The van der Waals surface area contributed by atoms with Crippen LogP contribution in [0, 0.1) is 22.7 Å². The van der Waals surface area contributed by atoms with Gasteiger partial charge in [-0.25, -0.2) is 0 Å². The molecule has 0 aliphatic carbocycles. The van der Waals surface area contributed by atoms with Crippen LogP contribution >= 0.6 is 11.3 Å². The van der Waals surface area contributed by atoms with Gasteiger partial charge in [-0.1, -0.05) is 30.3 Å². The molecule has 1 aromatic carbocycles. The minimum absolute atomic E-state index is 0.0397. The summed E-state index contributed by atoms with van der Waals surface area (Å²) in [5.74, 6) is 0. The largest absolute Gasteiger partial charge is 0.396 e. The lowest BCUT2D eigenvalue weighted by molar-refractivity contribution is 0.889. The zero-order valence-corrected chi connectivity index (χ0v) is 11.2. The van der Waals surface area contributed by atoms with E-state index in [9.17, 15) is 0 Å². The molecule has 94 valence electrons. The van der Waals surface area contributed by atoms with Crippen molar-refractivity contribution in [3.63, 3.8) is 0 Å². The number of nitrogen functional groups attached to an aromatic ring is 1. The molecule has 3 N–H and O–H groups in total. The average molecular weight is 268 g/mol. The van der Waals surface area contributed by atoms with Gasteiger partial charge in [-0.2, -0.15) is 10.5 Å². The molecule has 0 spiro atoms. The number of benzene rings is 1. The first-order chi connectivity index (χ1) is 9.17. The number of nitrogens with zero attached hydrogens (tertiary/aromatic N) is 2. The lowest BCUT2D eigenvalue weighted by Crippen LogP contribution is -2.06. The Hall–Kier alpha value is -2.50. The molecule has 19 heavy (non-hydrogen) atoms. The number of thiophene rings is 1. The highest BCUT2D eigenvalue weighted by Gasteiger charge is 2.17. The van der Waals surface area contributed by atoms with Crippen LogP contribution in [0.15, 0.2) is 30.3 Å². The van der Waals surface area contributed by atoms with Gasteiger partial charge in [0.2, 0.25) is 0 Å². The number of rotatable bonds is 3. The summed E-state index contributed by atoms with van der Waals surface area (Å²) in [5.41, 5.74) is 7.49. The second-order valence-electron chi connectivity index (χ2n) is 4.05. The second-order valence-corrected chi connectivity index (χ2v) is 5.07. The highest BCUT2D eigenvalue weighted by molar-refractivity contribution is 7.17. The van der Waals surface area contributed by atoms with Crippen LogP contribution in [0.3, 0.4) is 0 Å². The number of hydrogen-bond acceptors (Lipinski definition) is 5. The quantitative estimate of drug-likeness (QED) is 0.894. The van der Waals surface area contributed by atoms with Gasteiger partial charge in [-0.15, -0.1) is 11.3 Å². The second kappa shape index (κ2) is 5.43. The van der Waals surface area contributed by atoms with Crippen molar-refractivity contribution in [2.24, 2.45) is 0 Å². The van der Waals surface area contributed by atoms with Crippen LogP contribution < -0.4 is 11.1 Å². The van der Waals surface area contributed by atoms with Crippen LogP contribution in [0.2, 0.25) is 0 Å². The molecular formula is C14H12N4S. The zero-order chi connectivity index (χ0) is 13.8. The predicted octanol–water partition coefficient (Wildman–Crippen LogP) is 3.25. The number of nitrogens with one attached hydrogen (secondary N) is 1. The molecule has 1 aromatic heterocycles. The smallest absolute Gasteiger partial charge is 0.131 e. The van der Waals surface area contributed by atoms with Crippen LogP contribution in [0.25, 0.3) is 0 Å². The Morgan fingerprint density at radius 2 is 1.89 bits per heavy atom. The molecule has 0 bridgehead atoms. The summed E-state index contributed by atoms with van der Waals surface area (Å²) in [4.78, 5) is 0.374. The maximum absolute atomic E-state index is 9.12. The molecule has 0 fully saturated rings. The number of hydrogen-bond donors (Lipinski definition) is 2. The van der Waals surface area contributed by atoms with Gasteiger partial charge in [0.25, 0.3) is 0 Å². The fraction of sp³-hybridized carbons (Fsp3) is 0.143. The monoisotopic (exact) mass is 268 g/mol. The number of nitriles is 2. The zero-order valence-electron chi connectivity index (χ0n) is 10.3. The van der Waals surface area contributed by atoms with E-state index in [1.165, 1.54) is 11.3 Å². The number of anilines is 2. The minimum atomic E-state index is 0.0397. The van der Waals surface area contributed by atoms with Crippen molar-refractivity contribution in [2.45, 2.75) is 13.0 Å². The van der Waals surface area contributed by atoms with Crippen molar-refractivity contribution >= 4 is 22.0 Å². The van der Waals surface area contributed by atoms with E-state index in [1.54, 1.807) is 0 Å². The van der Waals surface area contributed by atoms with Gasteiger partial charge in [0.05, 0.1) is 5.69 Å². The van der Waals surface area contributed by atoms with Gasteiger partial charge in [0.15, 0.2) is 0 Å². The van der Waals surface area contributed by atoms with Crippen molar-refractivity contribution in [2.75, 3.05) is 11.1 Å². The summed E-state index contributed by atoms with van der Waals surface area (Å²) in [7, 11) is 0. The lowest BCUT2D eigenvalue weighted by Gasteiger charge is -2.14. The molecule has 4 nitrogen and oxygen atoms in total. The Morgan fingerprint density at radius 3 is 2.47 bits per heavy atom. The van der Waals surface area contributed by atoms with Gasteiger partial charge in [0, 0.05) is 6.04 Å². The molecule has 0 saturated carbocycles. The Balaban J connectivity index is 2.30. The Bertz CT molecular complexity index is 661. The van der Waals surface area contributed by atoms with E-state index in [4.69, 9.17) is 16.3 Å². The maximum atomic E-state index is 9.12. The standard InChI is InChI=1S/C14H12N4S/c1-9(10-5-3-2-4-6-10)18-14-11(7-15)13(17)12(8-16)19-14/h2-6,9,18H,17H2,1H3. The molecule has 1 unspecified atom stereocenters. The molecule has 0 aliphatic rings. The van der Waals surface area contributed by atoms with Crippen molar-refractivity contribution in [3.8, 4) is 12.1 Å². The third-order valence-corrected chi connectivity index (χ3v) is 3.85. The third kappa shape index (κ3) is 2.52. The van der Waals surface area contributed by atoms with Crippen molar-refractivity contribution in [1.29, 1.82) is 10.5 Å². The summed E-state index contributed by atoms with van der Waals surface area (Å²) in [5, 5.41) is 21.9. The van der Waals surface area contributed by atoms with E-state index in [2.05, 4.69) is 5.32 Å². The van der Waals surface area contributed by atoms with E-state index in [1.807, 2.05) is 49.4 Å². The number of nitrogens with two attached hydrogens (primary N) is 1. The molecular weight excluding hydrogens is 256 g/mol. The normalized spacial score (nSPS) is 11.3. The van der Waals surface area contributed by atoms with Crippen LogP contribution in [0.5, 0.6) is 0 Å². The van der Waals surface area contributed by atoms with Crippen LogP contribution in [0.4, 0.5) is 10.7 Å². The fourth-order valence-electron chi connectivity index (χ4n) is 1.76. The highest BCUT2D eigenvalue weighted by Crippen LogP contribution is 2.36. The van der Waals surface area contributed by atoms with Crippen LogP contribution in [-0.2, 0) is 0 Å².